The molecule has 1 heterocycles. The van der Waals surface area contributed by atoms with Gasteiger partial charge in [-0.15, -0.1) is 0 Å². The van der Waals surface area contributed by atoms with Gasteiger partial charge >= 0.3 is 0 Å². The van der Waals surface area contributed by atoms with Gasteiger partial charge in [0.2, 0.25) is 15.9 Å². The molecule has 6 heteroatoms. The van der Waals surface area contributed by atoms with Crippen LogP contribution in [0.5, 0.6) is 0 Å². The maximum Gasteiger partial charge on any atom is 0.243 e. The van der Waals surface area contributed by atoms with Crippen LogP contribution in [0.1, 0.15) is 65.9 Å². The predicted molar refractivity (Wildman–Crippen MR) is 109 cm³/mol. The summed E-state index contributed by atoms with van der Waals surface area (Å²) in [5.41, 5.74) is 1.10. The van der Waals surface area contributed by atoms with Crippen LogP contribution in [0.4, 0.5) is 0 Å². The lowest BCUT2D eigenvalue weighted by Crippen LogP contribution is -2.44. The lowest BCUT2D eigenvalue weighted by atomic mass is 9.87. The summed E-state index contributed by atoms with van der Waals surface area (Å²) in [5, 5.41) is 3.05. The molecule has 1 aliphatic rings. The lowest BCUT2D eigenvalue weighted by molar-refractivity contribution is -0.126. The molecular weight excluding hydrogens is 360 g/mol. The van der Waals surface area contributed by atoms with Gasteiger partial charge in [0, 0.05) is 25.0 Å². The summed E-state index contributed by atoms with van der Waals surface area (Å²) in [5.74, 6) is -0.0402. The zero-order valence-corrected chi connectivity index (χ0v) is 18.1. The topological polar surface area (TPSA) is 66.5 Å². The fourth-order valence-electron chi connectivity index (χ4n) is 3.50. The first-order valence-electron chi connectivity index (χ1n) is 9.96. The first-order valence-corrected chi connectivity index (χ1v) is 11.4. The monoisotopic (exact) mass is 394 g/mol. The van der Waals surface area contributed by atoms with Gasteiger partial charge in [-0.1, -0.05) is 46.2 Å². The molecular formula is C21H34N2O3S. The Labute approximate surface area is 164 Å². The van der Waals surface area contributed by atoms with E-state index >= 15 is 0 Å². The molecule has 0 aliphatic carbocycles. The lowest BCUT2D eigenvalue weighted by Gasteiger charge is -2.31. The number of nitrogens with one attached hydrogen (secondary N) is 1. The number of piperidine rings is 1. The van der Waals surface area contributed by atoms with Gasteiger partial charge in [-0.3, -0.25) is 4.79 Å². The minimum atomic E-state index is -3.50. The van der Waals surface area contributed by atoms with E-state index < -0.39 is 10.0 Å². The summed E-state index contributed by atoms with van der Waals surface area (Å²) in [4.78, 5) is 12.7. The maximum absolute atomic E-state index is 12.9. The minimum absolute atomic E-state index is 0.0110. The number of amides is 1. The minimum Gasteiger partial charge on any atom is -0.353 e. The maximum atomic E-state index is 12.9. The standard InChI is InChI=1S/C21H34N2O3S/c1-6-7-16(2)22-20(24)17-12-14-23(15-13-17)27(25,26)19-10-8-18(9-11-19)21(3,4)5/h8-11,16-17H,6-7,12-15H2,1-5H3,(H,22,24). The Balaban J connectivity index is 1.99. The van der Waals surface area contributed by atoms with Crippen LogP contribution in [0.25, 0.3) is 0 Å². The number of hydrogen-bond donors (Lipinski definition) is 1. The average molecular weight is 395 g/mol. The molecule has 1 unspecified atom stereocenters. The van der Waals surface area contributed by atoms with Crippen LogP contribution in [0.15, 0.2) is 29.2 Å². The second-order valence-corrected chi connectivity index (χ2v) is 10.6. The number of carbonyl (C=O) groups is 1. The third-order valence-electron chi connectivity index (χ3n) is 5.29. The highest BCUT2D eigenvalue weighted by atomic mass is 32.2. The number of hydrogen-bond acceptors (Lipinski definition) is 3. The largest absolute Gasteiger partial charge is 0.353 e. The molecule has 1 saturated heterocycles. The van der Waals surface area contributed by atoms with Crippen molar-refractivity contribution in [2.24, 2.45) is 5.92 Å². The van der Waals surface area contributed by atoms with Crippen molar-refractivity contribution in [2.45, 2.75) is 76.7 Å². The van der Waals surface area contributed by atoms with Crippen molar-refractivity contribution in [1.82, 2.24) is 9.62 Å². The van der Waals surface area contributed by atoms with Crippen molar-refractivity contribution >= 4 is 15.9 Å². The van der Waals surface area contributed by atoms with Crippen molar-refractivity contribution in [3.8, 4) is 0 Å². The quantitative estimate of drug-likeness (QED) is 0.800. The van der Waals surface area contributed by atoms with Crippen molar-refractivity contribution in [3.63, 3.8) is 0 Å². The Bertz CT molecular complexity index is 728. The van der Waals surface area contributed by atoms with E-state index in [-0.39, 0.29) is 23.3 Å². The normalized spacial score (nSPS) is 18.3. The fourth-order valence-corrected chi connectivity index (χ4v) is 4.97. The van der Waals surface area contributed by atoms with Crippen molar-refractivity contribution < 1.29 is 13.2 Å². The summed E-state index contributed by atoms with van der Waals surface area (Å²) in [6, 6.07) is 7.35. The molecule has 152 valence electrons. The molecule has 1 atom stereocenters. The molecule has 5 nitrogen and oxygen atoms in total. The molecule has 1 aliphatic heterocycles. The van der Waals surface area contributed by atoms with Gasteiger partial charge in [0.25, 0.3) is 0 Å². The van der Waals surface area contributed by atoms with E-state index in [1.165, 1.54) is 4.31 Å². The van der Waals surface area contributed by atoms with Crippen molar-refractivity contribution in [3.05, 3.63) is 29.8 Å². The molecule has 1 aromatic rings. The van der Waals surface area contributed by atoms with E-state index in [1.54, 1.807) is 12.1 Å². The molecule has 1 fully saturated rings. The van der Waals surface area contributed by atoms with Gasteiger partial charge < -0.3 is 5.32 Å². The molecule has 0 radical (unpaired) electrons. The molecule has 0 aromatic heterocycles. The zero-order chi connectivity index (χ0) is 20.2. The van der Waals surface area contributed by atoms with Crippen molar-refractivity contribution in [2.75, 3.05) is 13.1 Å². The first-order chi connectivity index (χ1) is 12.6. The SMILES string of the molecule is CCCC(C)NC(=O)C1CCN(S(=O)(=O)c2ccc(C(C)(C)C)cc2)CC1. The average Bonchev–Trinajstić information content (AvgIpc) is 2.61. The Morgan fingerprint density at radius 2 is 1.74 bits per heavy atom. The number of benzene rings is 1. The summed E-state index contributed by atoms with van der Waals surface area (Å²) < 4.78 is 27.3. The van der Waals surface area contributed by atoms with Gasteiger partial charge in [-0.25, -0.2) is 8.42 Å². The summed E-state index contributed by atoms with van der Waals surface area (Å²) in [6.07, 6.45) is 3.14. The van der Waals surface area contributed by atoms with E-state index in [4.69, 9.17) is 0 Å². The molecule has 0 spiro atoms. The van der Waals surface area contributed by atoms with Gasteiger partial charge in [0.05, 0.1) is 4.90 Å². The highest BCUT2D eigenvalue weighted by Gasteiger charge is 2.32. The third kappa shape index (κ3) is 5.55. The van der Waals surface area contributed by atoms with Crippen LogP contribution < -0.4 is 5.32 Å². The van der Waals surface area contributed by atoms with Gasteiger partial charge in [-0.05, 0) is 49.3 Å². The van der Waals surface area contributed by atoms with E-state index in [0.717, 1.165) is 18.4 Å². The van der Waals surface area contributed by atoms with Crippen LogP contribution in [-0.4, -0.2) is 37.8 Å². The van der Waals surface area contributed by atoms with Crippen molar-refractivity contribution in [1.29, 1.82) is 0 Å². The molecule has 2 rings (SSSR count). The third-order valence-corrected chi connectivity index (χ3v) is 7.21. The van der Waals surface area contributed by atoms with E-state index in [0.29, 0.717) is 30.8 Å². The predicted octanol–water partition coefficient (Wildman–Crippen LogP) is 3.69. The van der Waals surface area contributed by atoms with Crippen LogP contribution in [-0.2, 0) is 20.2 Å². The smallest absolute Gasteiger partial charge is 0.243 e. The number of carbonyl (C=O) groups excluding carboxylic acids is 1. The fraction of sp³-hybridized carbons (Fsp3) is 0.667. The highest BCUT2D eigenvalue weighted by Crippen LogP contribution is 2.27. The molecule has 1 N–H and O–H groups in total. The molecule has 0 saturated carbocycles. The van der Waals surface area contributed by atoms with Crippen LogP contribution in [0, 0.1) is 5.92 Å². The highest BCUT2D eigenvalue weighted by molar-refractivity contribution is 7.89. The van der Waals surface area contributed by atoms with Crippen LogP contribution >= 0.6 is 0 Å². The van der Waals surface area contributed by atoms with Gasteiger partial charge in [0.15, 0.2) is 0 Å². The van der Waals surface area contributed by atoms with Gasteiger partial charge in [0.1, 0.15) is 0 Å². The first kappa shape index (κ1) is 21.9. The summed E-state index contributed by atoms with van der Waals surface area (Å²) in [6.45, 7) is 11.2. The Kier molecular flexibility index (Phi) is 7.09. The molecule has 0 bridgehead atoms. The Hall–Kier alpha value is -1.40. The second-order valence-electron chi connectivity index (χ2n) is 8.65. The second kappa shape index (κ2) is 8.74. The van der Waals surface area contributed by atoms with E-state index in [1.807, 2.05) is 19.1 Å². The van der Waals surface area contributed by atoms with Crippen LogP contribution in [0.3, 0.4) is 0 Å². The van der Waals surface area contributed by atoms with E-state index in [2.05, 4.69) is 33.0 Å². The van der Waals surface area contributed by atoms with Gasteiger partial charge in [-0.2, -0.15) is 4.31 Å². The molecule has 1 aromatic carbocycles. The zero-order valence-electron chi connectivity index (χ0n) is 17.3. The Morgan fingerprint density at radius 1 is 1.19 bits per heavy atom. The Morgan fingerprint density at radius 3 is 2.22 bits per heavy atom. The molecule has 1 amide bonds. The number of sulfonamides is 1. The van der Waals surface area contributed by atoms with E-state index in [9.17, 15) is 13.2 Å². The summed E-state index contributed by atoms with van der Waals surface area (Å²) >= 11 is 0. The number of nitrogens with zero attached hydrogens (tertiary/aromatic N) is 1. The number of rotatable bonds is 6. The van der Waals surface area contributed by atoms with Crippen LogP contribution in [0.2, 0.25) is 0 Å². The summed E-state index contributed by atoms with van der Waals surface area (Å²) in [7, 11) is -3.50. The molecule has 27 heavy (non-hydrogen) atoms.